The van der Waals surface area contributed by atoms with E-state index in [1.165, 1.54) is 33.4 Å². The van der Waals surface area contributed by atoms with Crippen molar-refractivity contribution in [3.8, 4) is 11.1 Å². The molecular weight excluding hydrogens is 432 g/mol. The Morgan fingerprint density at radius 1 is 1.06 bits per heavy atom. The fourth-order valence-corrected chi connectivity index (χ4v) is 4.45. The highest BCUT2D eigenvalue weighted by Crippen LogP contribution is 2.30. The van der Waals surface area contributed by atoms with Gasteiger partial charge in [0.15, 0.2) is 0 Å². The van der Waals surface area contributed by atoms with Crippen LogP contribution in [0.3, 0.4) is 0 Å². The molecule has 1 heterocycles. The van der Waals surface area contributed by atoms with Gasteiger partial charge in [0.1, 0.15) is 5.78 Å². The highest BCUT2D eigenvalue weighted by molar-refractivity contribution is 5.86. The van der Waals surface area contributed by atoms with Gasteiger partial charge >= 0.3 is 0 Å². The maximum Gasteiger partial charge on any atom is 0.137 e. The van der Waals surface area contributed by atoms with Crippen LogP contribution in [-0.2, 0) is 18.3 Å². The number of Topliss-reactive ketones (excluding diaryl/α,β-unsaturated/α-hetero) is 1. The number of hydrogen-bond donors (Lipinski definition) is 1. The van der Waals surface area contributed by atoms with Crippen LogP contribution in [0.4, 0.5) is 0 Å². The number of nitrogens with zero attached hydrogens (tertiary/aromatic N) is 2. The molecule has 0 aliphatic carbocycles. The van der Waals surface area contributed by atoms with Crippen molar-refractivity contribution in [3.05, 3.63) is 88.6 Å². The van der Waals surface area contributed by atoms with Crippen LogP contribution in [0.1, 0.15) is 48.1 Å². The summed E-state index contributed by atoms with van der Waals surface area (Å²) in [5.74, 6) is 0.0322. The smallest absolute Gasteiger partial charge is 0.137 e. The van der Waals surface area contributed by atoms with E-state index in [1.54, 1.807) is 6.92 Å². The Kier molecular flexibility index (Phi) is 7.04. The van der Waals surface area contributed by atoms with Crippen molar-refractivity contribution >= 4 is 28.8 Å². The van der Waals surface area contributed by atoms with E-state index in [2.05, 4.69) is 85.7 Å². The molecule has 0 aliphatic heterocycles. The highest BCUT2D eigenvalue weighted by atomic mass is 16.3. The summed E-state index contributed by atoms with van der Waals surface area (Å²) in [6.45, 7) is 7.56. The first-order valence-corrected chi connectivity index (χ1v) is 12.1. The summed E-state index contributed by atoms with van der Waals surface area (Å²) in [5, 5.41) is 15.4. The molecule has 1 atom stereocenters. The van der Waals surface area contributed by atoms with Crippen LogP contribution < -0.4 is 0 Å². The lowest BCUT2D eigenvalue weighted by atomic mass is 9.81. The summed E-state index contributed by atoms with van der Waals surface area (Å²) in [6, 6.07) is 19.3. The molecule has 0 saturated heterocycles. The van der Waals surface area contributed by atoms with Gasteiger partial charge in [-0.25, -0.2) is 0 Å². The van der Waals surface area contributed by atoms with E-state index in [9.17, 15) is 9.90 Å². The zero-order valence-corrected chi connectivity index (χ0v) is 21.3. The third-order valence-electron chi connectivity index (χ3n) is 7.26. The van der Waals surface area contributed by atoms with Gasteiger partial charge in [0.2, 0.25) is 0 Å². The second-order valence-corrected chi connectivity index (χ2v) is 9.90. The summed E-state index contributed by atoms with van der Waals surface area (Å²) in [4.78, 5) is 12.0. The second-order valence-electron chi connectivity index (χ2n) is 9.90. The number of aryl methyl sites for hydroxylation is 3. The van der Waals surface area contributed by atoms with Crippen molar-refractivity contribution in [1.29, 1.82) is 0 Å². The summed E-state index contributed by atoms with van der Waals surface area (Å²) in [5.41, 5.74) is 8.64. The summed E-state index contributed by atoms with van der Waals surface area (Å²) >= 11 is 0. The Morgan fingerprint density at radius 3 is 2.57 bits per heavy atom. The van der Waals surface area contributed by atoms with Gasteiger partial charge in [-0.05, 0) is 78.6 Å². The van der Waals surface area contributed by atoms with Crippen LogP contribution in [0, 0.1) is 19.3 Å². The molecule has 0 saturated carbocycles. The summed E-state index contributed by atoms with van der Waals surface area (Å²) in [6.07, 6.45) is 7.77. The van der Waals surface area contributed by atoms with Crippen molar-refractivity contribution in [2.45, 2.75) is 40.5 Å². The fraction of sp³-hybridized carbons (Fsp3) is 0.290. The first kappa shape index (κ1) is 24.6. The first-order valence-electron chi connectivity index (χ1n) is 12.1. The molecule has 4 nitrogen and oxygen atoms in total. The quantitative estimate of drug-likeness (QED) is 0.300. The van der Waals surface area contributed by atoms with Crippen LogP contribution in [0.2, 0.25) is 0 Å². The Hall–Kier alpha value is -3.50. The number of aromatic nitrogens is 2. The zero-order valence-electron chi connectivity index (χ0n) is 21.3. The Balaban J connectivity index is 1.59. The molecule has 0 radical (unpaired) electrons. The molecule has 4 heteroatoms. The van der Waals surface area contributed by atoms with E-state index in [0.717, 1.165) is 22.9 Å². The monoisotopic (exact) mass is 466 g/mol. The van der Waals surface area contributed by atoms with Crippen molar-refractivity contribution < 1.29 is 9.90 Å². The molecule has 1 N–H and O–H groups in total. The van der Waals surface area contributed by atoms with Crippen molar-refractivity contribution in [3.63, 3.8) is 0 Å². The van der Waals surface area contributed by atoms with Gasteiger partial charge in [0.25, 0.3) is 0 Å². The summed E-state index contributed by atoms with van der Waals surface area (Å²) in [7, 11) is 1.95. The van der Waals surface area contributed by atoms with Crippen molar-refractivity contribution in [1.82, 2.24) is 9.78 Å². The molecule has 0 unspecified atom stereocenters. The van der Waals surface area contributed by atoms with Gasteiger partial charge in [0, 0.05) is 24.0 Å². The van der Waals surface area contributed by atoms with Crippen LogP contribution in [0.5, 0.6) is 0 Å². The van der Waals surface area contributed by atoms with Crippen molar-refractivity contribution in [2.75, 3.05) is 6.61 Å². The van der Waals surface area contributed by atoms with Crippen LogP contribution in [0.15, 0.2) is 60.8 Å². The van der Waals surface area contributed by atoms with Crippen molar-refractivity contribution in [2.24, 2.45) is 12.5 Å². The second kappa shape index (κ2) is 10.0. The number of aliphatic hydroxyl groups excluding tert-OH is 1. The maximum atomic E-state index is 12.0. The minimum Gasteiger partial charge on any atom is -0.395 e. The number of carbonyl (C=O) groups is 1. The molecule has 180 valence electrons. The molecule has 0 bridgehead atoms. The third kappa shape index (κ3) is 5.28. The van der Waals surface area contributed by atoms with E-state index < -0.39 is 5.41 Å². The molecule has 35 heavy (non-hydrogen) atoms. The van der Waals surface area contributed by atoms with E-state index in [0.29, 0.717) is 6.42 Å². The Bertz CT molecular complexity index is 1410. The minimum absolute atomic E-state index is 0.0322. The number of hydrogen-bond acceptors (Lipinski definition) is 3. The van der Waals surface area contributed by atoms with Crippen LogP contribution in [-0.4, -0.2) is 27.3 Å². The van der Waals surface area contributed by atoms with Gasteiger partial charge in [-0.2, -0.15) is 5.10 Å². The predicted molar refractivity (Wildman–Crippen MR) is 145 cm³/mol. The van der Waals surface area contributed by atoms with E-state index in [1.807, 2.05) is 24.9 Å². The lowest BCUT2D eigenvalue weighted by Crippen LogP contribution is -2.30. The Labute approximate surface area is 207 Å². The molecule has 0 amide bonds. The molecule has 0 fully saturated rings. The van der Waals surface area contributed by atoms with Crippen LogP contribution in [0.25, 0.3) is 34.2 Å². The fourth-order valence-electron chi connectivity index (χ4n) is 4.45. The first-order chi connectivity index (χ1) is 16.7. The topological polar surface area (TPSA) is 55.1 Å². The van der Waals surface area contributed by atoms with Gasteiger partial charge in [-0.3, -0.25) is 9.48 Å². The third-order valence-corrected chi connectivity index (χ3v) is 7.26. The number of rotatable bonds is 8. The number of fused-ring (bicyclic) bond motifs is 1. The molecule has 4 aromatic rings. The molecular formula is C31H34N2O2. The predicted octanol–water partition coefficient (Wildman–Crippen LogP) is 6.55. The zero-order chi connectivity index (χ0) is 25.2. The summed E-state index contributed by atoms with van der Waals surface area (Å²) < 4.78 is 1.85. The highest BCUT2D eigenvalue weighted by Gasteiger charge is 2.28. The lowest BCUT2D eigenvalue weighted by molar-refractivity contribution is -0.128. The van der Waals surface area contributed by atoms with E-state index >= 15 is 0 Å². The largest absolute Gasteiger partial charge is 0.395 e. The van der Waals surface area contributed by atoms with E-state index in [4.69, 9.17) is 0 Å². The molecule has 3 aromatic carbocycles. The number of carbonyl (C=O) groups excluding carboxylic acids is 1. The molecule has 0 spiro atoms. The number of aliphatic hydroxyl groups is 1. The number of benzene rings is 3. The molecule has 0 aliphatic rings. The Morgan fingerprint density at radius 2 is 1.83 bits per heavy atom. The molecule has 4 rings (SSSR count). The van der Waals surface area contributed by atoms with Gasteiger partial charge in [-0.15, -0.1) is 0 Å². The average molecular weight is 467 g/mol. The van der Waals surface area contributed by atoms with Gasteiger partial charge in [0.05, 0.1) is 12.1 Å². The minimum atomic E-state index is -0.684. The van der Waals surface area contributed by atoms with E-state index in [-0.39, 0.29) is 12.4 Å². The van der Waals surface area contributed by atoms with Gasteiger partial charge in [-0.1, -0.05) is 67.6 Å². The maximum absolute atomic E-state index is 12.0. The standard InChI is InChI=1S/C31H34N2O2/c1-21-9-10-24(15-16-31(4,20-34)23(3)35)17-26(21)12-11-25-7-6-8-29(22(25)2)27-13-14-28-19-33(5)32-30(28)18-27/h6-14,17-19,34H,15-16,20H2,1-5H3/b12-11+/t31-/m0/s1. The lowest BCUT2D eigenvalue weighted by Gasteiger charge is -2.24. The van der Waals surface area contributed by atoms with Crippen LogP contribution >= 0.6 is 0 Å². The molecule has 1 aromatic heterocycles. The number of ketones is 1. The SMILES string of the molecule is CC(=O)[C@](C)(CO)CCc1ccc(C)c(/C=C/c2cccc(-c3ccc4cn(C)nc4c3)c2C)c1. The normalized spacial score (nSPS) is 13.4. The van der Waals surface area contributed by atoms with Gasteiger partial charge < -0.3 is 5.11 Å². The average Bonchev–Trinajstić information content (AvgIpc) is 3.22.